The molecule has 0 aliphatic carbocycles. The summed E-state index contributed by atoms with van der Waals surface area (Å²) in [7, 11) is 2.20. The summed E-state index contributed by atoms with van der Waals surface area (Å²) in [6.45, 7) is 0.949. The zero-order valence-corrected chi connectivity index (χ0v) is 11.3. The monoisotopic (exact) mass is 257 g/mol. The maximum absolute atomic E-state index is 12.4. The van der Waals surface area contributed by atoms with E-state index in [1.807, 2.05) is 6.07 Å². The first-order valence-electron chi connectivity index (χ1n) is 7.25. The normalized spacial score (nSPS) is 33.3. The second-order valence-corrected chi connectivity index (χ2v) is 6.13. The molecule has 0 N–H and O–H groups in total. The summed E-state index contributed by atoms with van der Waals surface area (Å²) in [5, 5.41) is 0. The zero-order chi connectivity index (χ0) is 13.0. The van der Waals surface area contributed by atoms with E-state index in [0.717, 1.165) is 31.6 Å². The van der Waals surface area contributed by atoms with Crippen LogP contribution < -0.4 is 4.74 Å². The van der Waals surface area contributed by atoms with Crippen molar-refractivity contribution in [2.45, 2.75) is 43.7 Å². The maximum atomic E-state index is 12.4. The van der Waals surface area contributed by atoms with Gasteiger partial charge in [0.15, 0.2) is 11.9 Å². The molecule has 3 heteroatoms. The van der Waals surface area contributed by atoms with Gasteiger partial charge in [-0.3, -0.25) is 4.79 Å². The molecular weight excluding hydrogens is 238 g/mol. The number of fused-ring (bicyclic) bond motifs is 2. The highest BCUT2D eigenvalue weighted by Gasteiger charge is 2.44. The van der Waals surface area contributed by atoms with Gasteiger partial charge in [-0.25, -0.2) is 0 Å². The van der Waals surface area contributed by atoms with Crippen LogP contribution in [0.1, 0.15) is 36.3 Å². The minimum atomic E-state index is -0.240. The lowest BCUT2D eigenvalue weighted by Crippen LogP contribution is -2.37. The van der Waals surface area contributed by atoms with E-state index in [9.17, 15) is 4.79 Å². The lowest BCUT2D eigenvalue weighted by molar-refractivity contribution is -0.126. The van der Waals surface area contributed by atoms with Gasteiger partial charge in [0.05, 0.1) is 0 Å². The average Bonchev–Trinajstić information content (AvgIpc) is 2.70. The van der Waals surface area contributed by atoms with Crippen molar-refractivity contribution in [3.63, 3.8) is 0 Å². The van der Waals surface area contributed by atoms with Crippen LogP contribution in [0.5, 0.6) is 5.75 Å². The zero-order valence-electron chi connectivity index (χ0n) is 11.3. The predicted molar refractivity (Wildman–Crippen MR) is 72.6 cm³/mol. The molecule has 1 aromatic rings. The number of nitrogens with zero attached hydrogens (tertiary/aromatic N) is 1. The van der Waals surface area contributed by atoms with Crippen molar-refractivity contribution in [2.75, 3.05) is 13.6 Å². The van der Waals surface area contributed by atoms with Crippen LogP contribution >= 0.6 is 0 Å². The Hall–Kier alpha value is -1.35. The number of rotatable bonds is 0. The molecule has 2 bridgehead atoms. The van der Waals surface area contributed by atoms with Crippen LogP contribution in [0.25, 0.3) is 0 Å². The Morgan fingerprint density at radius 2 is 2.26 bits per heavy atom. The third-order valence-electron chi connectivity index (χ3n) is 4.99. The van der Waals surface area contributed by atoms with Crippen LogP contribution in [0, 0.1) is 0 Å². The lowest BCUT2D eigenvalue weighted by Gasteiger charge is -2.27. The van der Waals surface area contributed by atoms with Crippen LogP contribution in [0.3, 0.4) is 0 Å². The van der Waals surface area contributed by atoms with Gasteiger partial charge in [0.2, 0.25) is 0 Å². The van der Waals surface area contributed by atoms with E-state index < -0.39 is 0 Å². The highest BCUT2D eigenvalue weighted by Crippen LogP contribution is 2.45. The standard InChI is InChI=1S/C16H19NO2/c1-17-9-12-15-10-4-2-7-14(15)19-16(12)13(18)6-3-5-11(17)8-10/h2,4,7,11-12,16H,3,5-6,8-9H2,1H3. The van der Waals surface area contributed by atoms with Crippen molar-refractivity contribution in [3.05, 3.63) is 29.3 Å². The molecule has 4 rings (SSSR count). The molecule has 0 spiro atoms. The van der Waals surface area contributed by atoms with Crippen molar-refractivity contribution >= 4 is 5.78 Å². The number of Topliss-reactive ketones (excluding diaryl/α,β-unsaturated/α-hetero) is 1. The highest BCUT2D eigenvalue weighted by molar-refractivity contribution is 5.86. The smallest absolute Gasteiger partial charge is 0.173 e. The van der Waals surface area contributed by atoms with Gasteiger partial charge in [-0.05, 0) is 37.9 Å². The van der Waals surface area contributed by atoms with E-state index in [4.69, 9.17) is 4.74 Å². The molecule has 1 aromatic carbocycles. The van der Waals surface area contributed by atoms with Gasteiger partial charge in [0.1, 0.15) is 5.75 Å². The van der Waals surface area contributed by atoms with Crippen LogP contribution in [-0.2, 0) is 11.2 Å². The third-order valence-corrected chi connectivity index (χ3v) is 4.99. The summed E-state index contributed by atoms with van der Waals surface area (Å²) < 4.78 is 5.99. The van der Waals surface area contributed by atoms with E-state index in [-0.39, 0.29) is 12.0 Å². The van der Waals surface area contributed by atoms with E-state index in [0.29, 0.717) is 18.2 Å². The Morgan fingerprint density at radius 3 is 3.16 bits per heavy atom. The lowest BCUT2D eigenvalue weighted by atomic mass is 9.87. The fraction of sp³-hybridized carbons (Fsp3) is 0.562. The minimum absolute atomic E-state index is 0.240. The largest absolute Gasteiger partial charge is 0.482 e. The van der Waals surface area contributed by atoms with E-state index in [1.54, 1.807) is 0 Å². The number of carbonyl (C=O) groups is 1. The molecule has 1 fully saturated rings. The van der Waals surface area contributed by atoms with E-state index >= 15 is 0 Å². The number of hydrogen-bond donors (Lipinski definition) is 0. The van der Waals surface area contributed by atoms with Gasteiger partial charge in [0.25, 0.3) is 0 Å². The number of ketones is 1. The summed E-state index contributed by atoms with van der Waals surface area (Å²) in [5.41, 5.74) is 2.71. The third kappa shape index (κ3) is 1.64. The topological polar surface area (TPSA) is 29.5 Å². The van der Waals surface area contributed by atoms with Crippen LogP contribution in [-0.4, -0.2) is 36.4 Å². The van der Waals surface area contributed by atoms with Gasteiger partial charge < -0.3 is 9.64 Å². The fourth-order valence-corrected chi connectivity index (χ4v) is 3.98. The SMILES string of the molecule is CN1CC2c3c4cccc3OC2C(=O)CCCC1C4. The molecule has 3 aliphatic heterocycles. The molecule has 0 radical (unpaired) electrons. The quantitative estimate of drug-likeness (QED) is 0.713. The first kappa shape index (κ1) is 11.5. The number of hydrogen-bond acceptors (Lipinski definition) is 3. The molecule has 3 aliphatic rings. The van der Waals surface area contributed by atoms with Crippen molar-refractivity contribution in [1.82, 2.24) is 4.90 Å². The van der Waals surface area contributed by atoms with Crippen LogP contribution in [0.15, 0.2) is 18.2 Å². The van der Waals surface area contributed by atoms with E-state index in [1.165, 1.54) is 11.1 Å². The summed E-state index contributed by atoms with van der Waals surface area (Å²) in [4.78, 5) is 14.8. The average molecular weight is 257 g/mol. The molecule has 0 aromatic heterocycles. The number of benzene rings is 1. The summed E-state index contributed by atoms with van der Waals surface area (Å²) >= 11 is 0. The first-order chi connectivity index (χ1) is 9.24. The number of carbonyl (C=O) groups excluding carboxylic acids is 1. The van der Waals surface area contributed by atoms with Gasteiger partial charge in [-0.2, -0.15) is 0 Å². The molecule has 1 saturated heterocycles. The van der Waals surface area contributed by atoms with Crippen molar-refractivity contribution < 1.29 is 9.53 Å². The fourth-order valence-electron chi connectivity index (χ4n) is 3.98. The van der Waals surface area contributed by atoms with Crippen molar-refractivity contribution in [2.24, 2.45) is 0 Å². The Bertz CT molecular complexity index is 540. The van der Waals surface area contributed by atoms with Crippen LogP contribution in [0.4, 0.5) is 0 Å². The molecule has 3 nitrogen and oxygen atoms in total. The summed E-state index contributed by atoms with van der Waals surface area (Å²) in [6, 6.07) is 6.88. The number of likely N-dealkylation sites (N-methyl/N-ethyl adjacent to an activating group) is 1. The Balaban J connectivity index is 1.90. The summed E-state index contributed by atoms with van der Waals surface area (Å²) in [6.07, 6.45) is 3.64. The van der Waals surface area contributed by atoms with Gasteiger partial charge in [-0.1, -0.05) is 12.1 Å². The first-order valence-corrected chi connectivity index (χ1v) is 7.25. The van der Waals surface area contributed by atoms with Crippen molar-refractivity contribution in [3.8, 4) is 5.75 Å². The molecule has 0 saturated carbocycles. The molecule has 3 heterocycles. The summed E-state index contributed by atoms with van der Waals surface area (Å²) in [5.74, 6) is 1.49. The molecule has 3 unspecified atom stereocenters. The van der Waals surface area contributed by atoms with Gasteiger partial charge >= 0.3 is 0 Å². The molecular formula is C16H19NO2. The molecule has 3 atom stereocenters. The minimum Gasteiger partial charge on any atom is -0.482 e. The predicted octanol–water partition coefficient (Wildman–Crippen LogP) is 2.14. The van der Waals surface area contributed by atoms with Crippen LogP contribution in [0.2, 0.25) is 0 Å². The van der Waals surface area contributed by atoms with E-state index in [2.05, 4.69) is 24.1 Å². The Labute approximate surface area is 113 Å². The maximum Gasteiger partial charge on any atom is 0.173 e. The molecule has 19 heavy (non-hydrogen) atoms. The Morgan fingerprint density at radius 1 is 1.37 bits per heavy atom. The second-order valence-electron chi connectivity index (χ2n) is 6.13. The van der Waals surface area contributed by atoms with Crippen molar-refractivity contribution in [1.29, 1.82) is 0 Å². The van der Waals surface area contributed by atoms with Gasteiger partial charge in [-0.15, -0.1) is 0 Å². The second kappa shape index (κ2) is 4.07. The highest BCUT2D eigenvalue weighted by atomic mass is 16.5. The van der Waals surface area contributed by atoms with Gasteiger partial charge in [0, 0.05) is 30.5 Å². The molecule has 100 valence electrons. The molecule has 0 amide bonds. The number of ether oxygens (including phenoxy) is 1. The Kier molecular flexibility index (Phi) is 2.46.